The van der Waals surface area contributed by atoms with Gasteiger partial charge in [-0.3, -0.25) is 4.79 Å². The topological polar surface area (TPSA) is 54.0 Å². The minimum absolute atomic E-state index is 0.0757. The lowest BCUT2D eigenvalue weighted by Crippen LogP contribution is -2.40. The number of nitrogens with one attached hydrogen (secondary N) is 2. The minimum atomic E-state index is -1.57. The van der Waals surface area contributed by atoms with E-state index >= 15 is 0 Å². The van der Waals surface area contributed by atoms with Gasteiger partial charge in [-0.25, -0.2) is 18.2 Å². The van der Waals surface area contributed by atoms with E-state index in [1.807, 2.05) is 6.07 Å². The maximum absolute atomic E-state index is 13.3. The molecule has 7 heteroatoms. The number of pyridine rings is 1. The first kappa shape index (κ1) is 19.7. The van der Waals surface area contributed by atoms with Crippen molar-refractivity contribution in [3.8, 4) is 0 Å². The highest BCUT2D eigenvalue weighted by molar-refractivity contribution is 5.94. The van der Waals surface area contributed by atoms with Crippen LogP contribution in [-0.2, 0) is 12.8 Å². The zero-order chi connectivity index (χ0) is 20.4. The average Bonchev–Trinajstić information content (AvgIpc) is 2.73. The first-order valence-corrected chi connectivity index (χ1v) is 10.2. The maximum atomic E-state index is 13.3. The minimum Gasteiger partial charge on any atom is -0.367 e. The van der Waals surface area contributed by atoms with Crippen molar-refractivity contribution in [1.29, 1.82) is 0 Å². The van der Waals surface area contributed by atoms with Crippen molar-refractivity contribution < 1.29 is 18.0 Å². The molecular weight excluding hydrogens is 379 g/mol. The summed E-state index contributed by atoms with van der Waals surface area (Å²) in [6.07, 6.45) is 7.78. The number of aryl methyl sites for hydroxylation is 2. The second-order valence-electron chi connectivity index (χ2n) is 7.93. The Kier molecular flexibility index (Phi) is 5.74. The molecule has 0 bridgehead atoms. The van der Waals surface area contributed by atoms with E-state index in [4.69, 9.17) is 4.98 Å². The van der Waals surface area contributed by atoms with Gasteiger partial charge in [-0.1, -0.05) is 6.07 Å². The number of hydrogen-bond acceptors (Lipinski definition) is 3. The summed E-state index contributed by atoms with van der Waals surface area (Å²) in [5.41, 5.74) is 2.34. The van der Waals surface area contributed by atoms with Gasteiger partial charge in [0, 0.05) is 23.3 Å². The molecule has 1 saturated carbocycles. The molecule has 1 fully saturated rings. The number of carbonyl (C=O) groups excluding carboxylic acids is 1. The number of benzene rings is 1. The maximum Gasteiger partial charge on any atom is 0.251 e. The molecule has 2 N–H and O–H groups in total. The van der Waals surface area contributed by atoms with E-state index < -0.39 is 23.4 Å². The van der Waals surface area contributed by atoms with E-state index in [-0.39, 0.29) is 17.6 Å². The third kappa shape index (κ3) is 4.54. The smallest absolute Gasteiger partial charge is 0.251 e. The Labute approximate surface area is 167 Å². The Bertz CT molecular complexity index is 887. The molecule has 0 radical (unpaired) electrons. The molecule has 0 unspecified atom stereocenters. The van der Waals surface area contributed by atoms with Crippen LogP contribution in [0.5, 0.6) is 0 Å². The van der Waals surface area contributed by atoms with Crippen LogP contribution < -0.4 is 10.6 Å². The van der Waals surface area contributed by atoms with Crippen LogP contribution in [0.15, 0.2) is 24.3 Å². The Hall–Kier alpha value is -2.57. The third-order valence-corrected chi connectivity index (χ3v) is 5.84. The fraction of sp³-hybridized carbons (Fsp3) is 0.455. The second-order valence-corrected chi connectivity index (χ2v) is 7.93. The highest BCUT2D eigenvalue weighted by Crippen LogP contribution is 2.25. The van der Waals surface area contributed by atoms with Gasteiger partial charge in [0.25, 0.3) is 5.91 Å². The number of aromatic nitrogens is 1. The number of carbonyl (C=O) groups is 1. The molecule has 1 heterocycles. The van der Waals surface area contributed by atoms with E-state index in [1.165, 1.54) is 24.1 Å². The number of amides is 1. The molecule has 1 aromatic heterocycles. The van der Waals surface area contributed by atoms with Crippen LogP contribution in [-0.4, -0.2) is 23.0 Å². The molecular formula is C22H24F3N3O. The van der Waals surface area contributed by atoms with Crippen molar-refractivity contribution in [3.05, 3.63) is 58.5 Å². The number of halogens is 3. The molecule has 4 rings (SSSR count). The predicted octanol–water partition coefficient (Wildman–Crippen LogP) is 4.53. The number of nitrogens with zero attached hydrogens (tertiary/aromatic N) is 1. The van der Waals surface area contributed by atoms with Crippen molar-refractivity contribution in [2.24, 2.45) is 0 Å². The van der Waals surface area contributed by atoms with E-state index in [0.29, 0.717) is 0 Å². The summed E-state index contributed by atoms with van der Waals surface area (Å²) in [4.78, 5) is 17.0. The molecule has 2 aliphatic carbocycles. The SMILES string of the molecule is O=C(N[C@H]1CC[C@@H](Nc2ccc3c(n2)CCCC3)CC1)c1cc(F)c(F)c(F)c1. The molecule has 2 aromatic rings. The Morgan fingerprint density at radius 2 is 1.59 bits per heavy atom. The van der Waals surface area contributed by atoms with Gasteiger partial charge >= 0.3 is 0 Å². The summed E-state index contributed by atoms with van der Waals surface area (Å²) < 4.78 is 39.7. The predicted molar refractivity (Wildman–Crippen MR) is 104 cm³/mol. The number of fused-ring (bicyclic) bond motifs is 1. The number of anilines is 1. The molecule has 1 aromatic carbocycles. The van der Waals surface area contributed by atoms with Gasteiger partial charge in [0.2, 0.25) is 0 Å². The lowest BCUT2D eigenvalue weighted by atomic mass is 9.90. The van der Waals surface area contributed by atoms with Crippen molar-refractivity contribution in [2.45, 2.75) is 63.5 Å². The molecule has 4 nitrogen and oxygen atoms in total. The highest BCUT2D eigenvalue weighted by Gasteiger charge is 2.24. The zero-order valence-electron chi connectivity index (χ0n) is 16.1. The monoisotopic (exact) mass is 403 g/mol. The fourth-order valence-electron chi connectivity index (χ4n) is 4.21. The van der Waals surface area contributed by atoms with Gasteiger partial charge in [-0.2, -0.15) is 0 Å². The van der Waals surface area contributed by atoms with Crippen LogP contribution in [0, 0.1) is 17.5 Å². The highest BCUT2D eigenvalue weighted by atomic mass is 19.2. The Morgan fingerprint density at radius 1 is 0.931 bits per heavy atom. The number of rotatable bonds is 4. The normalized spacial score (nSPS) is 21.3. The van der Waals surface area contributed by atoms with Crippen LogP contribution in [0.3, 0.4) is 0 Å². The molecule has 1 amide bonds. The van der Waals surface area contributed by atoms with Gasteiger partial charge in [0.15, 0.2) is 17.5 Å². The molecule has 0 aliphatic heterocycles. The summed E-state index contributed by atoms with van der Waals surface area (Å²) in [5.74, 6) is -3.98. The van der Waals surface area contributed by atoms with Crippen molar-refractivity contribution in [2.75, 3.05) is 5.32 Å². The summed E-state index contributed by atoms with van der Waals surface area (Å²) in [5, 5.41) is 6.29. The van der Waals surface area contributed by atoms with Gasteiger partial charge in [-0.15, -0.1) is 0 Å². The fourth-order valence-corrected chi connectivity index (χ4v) is 4.21. The first-order valence-electron chi connectivity index (χ1n) is 10.2. The quantitative estimate of drug-likeness (QED) is 0.738. The summed E-state index contributed by atoms with van der Waals surface area (Å²) in [6.45, 7) is 0. The average molecular weight is 403 g/mol. The van der Waals surface area contributed by atoms with E-state index in [0.717, 1.165) is 56.5 Å². The van der Waals surface area contributed by atoms with Gasteiger partial charge in [0.1, 0.15) is 5.82 Å². The van der Waals surface area contributed by atoms with Gasteiger partial charge < -0.3 is 10.6 Å². The van der Waals surface area contributed by atoms with Crippen LogP contribution >= 0.6 is 0 Å². The van der Waals surface area contributed by atoms with Crippen LogP contribution in [0.4, 0.5) is 19.0 Å². The molecule has 154 valence electrons. The zero-order valence-corrected chi connectivity index (χ0v) is 16.1. The summed E-state index contributed by atoms with van der Waals surface area (Å²) >= 11 is 0. The van der Waals surface area contributed by atoms with E-state index in [1.54, 1.807) is 0 Å². The molecule has 29 heavy (non-hydrogen) atoms. The summed E-state index contributed by atoms with van der Waals surface area (Å²) in [7, 11) is 0. The second kappa shape index (κ2) is 8.43. The lowest BCUT2D eigenvalue weighted by molar-refractivity contribution is 0.0925. The molecule has 2 aliphatic rings. The molecule has 0 saturated heterocycles. The third-order valence-electron chi connectivity index (χ3n) is 5.84. The van der Waals surface area contributed by atoms with Crippen molar-refractivity contribution >= 4 is 11.7 Å². The largest absolute Gasteiger partial charge is 0.367 e. The molecule has 0 atom stereocenters. The Balaban J connectivity index is 1.30. The van der Waals surface area contributed by atoms with Crippen LogP contribution in [0.1, 0.15) is 60.1 Å². The summed E-state index contributed by atoms with van der Waals surface area (Å²) in [6, 6.07) is 5.85. The van der Waals surface area contributed by atoms with Gasteiger partial charge in [0.05, 0.1) is 0 Å². The van der Waals surface area contributed by atoms with Crippen molar-refractivity contribution in [1.82, 2.24) is 10.3 Å². The van der Waals surface area contributed by atoms with E-state index in [2.05, 4.69) is 16.7 Å². The Morgan fingerprint density at radius 3 is 2.31 bits per heavy atom. The van der Waals surface area contributed by atoms with E-state index in [9.17, 15) is 18.0 Å². The lowest BCUT2D eigenvalue weighted by Gasteiger charge is -2.30. The van der Waals surface area contributed by atoms with Crippen LogP contribution in [0.2, 0.25) is 0 Å². The molecule has 0 spiro atoms. The van der Waals surface area contributed by atoms with Gasteiger partial charge in [-0.05, 0) is 75.1 Å². The van der Waals surface area contributed by atoms with Crippen molar-refractivity contribution in [3.63, 3.8) is 0 Å². The standard InChI is InChI=1S/C22H24F3N3O/c23-17-11-14(12-18(24)21(17)25)22(29)27-16-8-6-15(7-9-16)26-20-10-5-13-3-1-2-4-19(13)28-20/h5,10-12,15-16H,1-4,6-9H2,(H,26,28)(H,27,29)/t15-,16+. The number of hydrogen-bond donors (Lipinski definition) is 2. The van der Waals surface area contributed by atoms with Crippen LogP contribution in [0.25, 0.3) is 0 Å². The first-order chi connectivity index (χ1) is 14.0.